The Bertz CT molecular complexity index is 938. The van der Waals surface area contributed by atoms with Crippen molar-refractivity contribution in [1.29, 1.82) is 5.26 Å². The van der Waals surface area contributed by atoms with Gasteiger partial charge < -0.3 is 19.5 Å². The summed E-state index contributed by atoms with van der Waals surface area (Å²) in [4.78, 5) is 24.6. The van der Waals surface area contributed by atoms with Crippen LogP contribution in [0.25, 0.3) is 0 Å². The van der Waals surface area contributed by atoms with Crippen molar-refractivity contribution >= 4 is 29.2 Å². The number of fused-ring (bicyclic) bond motifs is 1. The van der Waals surface area contributed by atoms with Gasteiger partial charge in [-0.25, -0.2) is 4.79 Å². The van der Waals surface area contributed by atoms with Gasteiger partial charge in [0.1, 0.15) is 19.3 Å². The summed E-state index contributed by atoms with van der Waals surface area (Å²) in [7, 11) is 0. The zero-order chi connectivity index (χ0) is 19.4. The molecule has 0 aliphatic carbocycles. The van der Waals surface area contributed by atoms with Crippen LogP contribution in [0.5, 0.6) is 11.5 Å². The SMILES string of the molecule is CC(OC(=O)c1cc(Cl)c2c(c1)OCCO2)C(=O)Nc1ccccc1C#N. The summed E-state index contributed by atoms with van der Waals surface area (Å²) in [6.45, 7) is 2.15. The second kappa shape index (κ2) is 7.98. The van der Waals surface area contributed by atoms with Crippen LogP contribution in [0, 0.1) is 11.3 Å². The molecule has 27 heavy (non-hydrogen) atoms. The molecule has 1 atom stereocenters. The Morgan fingerprint density at radius 3 is 2.78 bits per heavy atom. The van der Waals surface area contributed by atoms with E-state index in [1.807, 2.05) is 6.07 Å². The summed E-state index contributed by atoms with van der Waals surface area (Å²) < 4.78 is 16.0. The molecule has 2 aromatic rings. The summed E-state index contributed by atoms with van der Waals surface area (Å²) in [5.41, 5.74) is 0.791. The van der Waals surface area contributed by atoms with E-state index in [0.717, 1.165) is 0 Å². The van der Waals surface area contributed by atoms with Crippen LogP contribution in [0.15, 0.2) is 36.4 Å². The van der Waals surface area contributed by atoms with Crippen LogP contribution >= 0.6 is 11.6 Å². The molecule has 1 aliphatic heterocycles. The number of para-hydroxylation sites is 1. The van der Waals surface area contributed by atoms with Crippen molar-refractivity contribution in [3.05, 3.63) is 52.5 Å². The van der Waals surface area contributed by atoms with Crippen molar-refractivity contribution in [2.24, 2.45) is 0 Å². The molecule has 1 N–H and O–H groups in total. The highest BCUT2D eigenvalue weighted by Gasteiger charge is 2.23. The number of hydrogen-bond acceptors (Lipinski definition) is 6. The molecule has 0 bridgehead atoms. The number of nitriles is 1. The number of rotatable bonds is 4. The van der Waals surface area contributed by atoms with E-state index < -0.39 is 18.0 Å². The standard InChI is InChI=1S/C19H15ClN2O5/c1-11(18(23)22-15-5-3-2-4-12(15)10-21)27-19(24)13-8-14(20)17-16(9-13)25-6-7-26-17/h2-5,8-9,11H,6-7H2,1H3,(H,22,23). The summed E-state index contributed by atoms with van der Waals surface area (Å²) >= 11 is 6.11. The van der Waals surface area contributed by atoms with Gasteiger partial charge in [-0.2, -0.15) is 5.26 Å². The fraction of sp³-hybridized carbons (Fsp3) is 0.211. The van der Waals surface area contributed by atoms with E-state index in [4.69, 9.17) is 31.1 Å². The molecule has 0 saturated carbocycles. The number of carbonyl (C=O) groups is 2. The van der Waals surface area contributed by atoms with Crippen LogP contribution in [0.1, 0.15) is 22.8 Å². The van der Waals surface area contributed by atoms with Crippen molar-refractivity contribution in [3.8, 4) is 17.6 Å². The molecular formula is C19H15ClN2O5. The van der Waals surface area contributed by atoms with E-state index in [9.17, 15) is 9.59 Å². The lowest BCUT2D eigenvalue weighted by Crippen LogP contribution is -2.30. The smallest absolute Gasteiger partial charge is 0.339 e. The van der Waals surface area contributed by atoms with Gasteiger partial charge in [-0.3, -0.25) is 4.79 Å². The normalized spacial score (nSPS) is 13.2. The van der Waals surface area contributed by atoms with E-state index in [0.29, 0.717) is 36.0 Å². The van der Waals surface area contributed by atoms with Crippen molar-refractivity contribution < 1.29 is 23.8 Å². The second-order valence-electron chi connectivity index (χ2n) is 5.68. The summed E-state index contributed by atoms with van der Waals surface area (Å²) in [5, 5.41) is 11.9. The predicted octanol–water partition coefficient (Wildman–Crippen LogP) is 3.17. The maximum absolute atomic E-state index is 12.4. The lowest BCUT2D eigenvalue weighted by Gasteiger charge is -2.20. The third-order valence-electron chi connectivity index (χ3n) is 3.79. The molecule has 1 amide bonds. The van der Waals surface area contributed by atoms with Gasteiger partial charge in [0, 0.05) is 0 Å². The Labute approximate surface area is 160 Å². The van der Waals surface area contributed by atoms with E-state index in [1.54, 1.807) is 24.3 Å². The molecule has 1 heterocycles. The number of benzene rings is 2. The maximum atomic E-state index is 12.4. The third kappa shape index (κ3) is 4.13. The number of ether oxygens (including phenoxy) is 3. The molecule has 7 nitrogen and oxygen atoms in total. The highest BCUT2D eigenvalue weighted by molar-refractivity contribution is 6.32. The molecule has 138 valence electrons. The van der Waals surface area contributed by atoms with Crippen LogP contribution in [-0.2, 0) is 9.53 Å². The van der Waals surface area contributed by atoms with Crippen molar-refractivity contribution in [2.45, 2.75) is 13.0 Å². The van der Waals surface area contributed by atoms with Gasteiger partial charge in [0.05, 0.1) is 21.8 Å². The molecule has 1 unspecified atom stereocenters. The van der Waals surface area contributed by atoms with Crippen LogP contribution in [0.4, 0.5) is 5.69 Å². The largest absolute Gasteiger partial charge is 0.486 e. The number of nitrogens with one attached hydrogen (secondary N) is 1. The average molecular weight is 387 g/mol. The molecule has 2 aromatic carbocycles. The Kier molecular flexibility index (Phi) is 5.48. The number of hydrogen-bond donors (Lipinski definition) is 1. The van der Waals surface area contributed by atoms with E-state index in [-0.39, 0.29) is 10.6 Å². The van der Waals surface area contributed by atoms with E-state index in [2.05, 4.69) is 5.32 Å². The third-order valence-corrected chi connectivity index (χ3v) is 4.07. The van der Waals surface area contributed by atoms with Crippen LogP contribution in [0.3, 0.4) is 0 Å². The van der Waals surface area contributed by atoms with Gasteiger partial charge in [-0.1, -0.05) is 23.7 Å². The number of nitrogens with zero attached hydrogens (tertiary/aromatic N) is 1. The fourth-order valence-corrected chi connectivity index (χ4v) is 2.70. The first kappa shape index (κ1) is 18.5. The first-order valence-corrected chi connectivity index (χ1v) is 8.47. The second-order valence-corrected chi connectivity index (χ2v) is 6.08. The molecule has 1 aliphatic rings. The number of amides is 1. The predicted molar refractivity (Wildman–Crippen MR) is 97.1 cm³/mol. The van der Waals surface area contributed by atoms with Gasteiger partial charge in [0.15, 0.2) is 17.6 Å². The molecule has 0 radical (unpaired) electrons. The van der Waals surface area contributed by atoms with Crippen molar-refractivity contribution in [1.82, 2.24) is 0 Å². The topological polar surface area (TPSA) is 97.7 Å². The van der Waals surface area contributed by atoms with E-state index in [1.165, 1.54) is 19.1 Å². The fourth-order valence-electron chi connectivity index (χ4n) is 2.43. The number of carbonyl (C=O) groups excluding carboxylic acids is 2. The minimum absolute atomic E-state index is 0.140. The van der Waals surface area contributed by atoms with Gasteiger partial charge in [-0.15, -0.1) is 0 Å². The summed E-state index contributed by atoms with van der Waals surface area (Å²) in [6, 6.07) is 11.4. The average Bonchev–Trinajstić information content (AvgIpc) is 2.68. The zero-order valence-corrected chi connectivity index (χ0v) is 15.1. The lowest BCUT2D eigenvalue weighted by atomic mass is 10.2. The van der Waals surface area contributed by atoms with Crippen LogP contribution < -0.4 is 14.8 Å². The number of halogens is 1. The summed E-state index contributed by atoms with van der Waals surface area (Å²) in [6.07, 6.45) is -1.09. The van der Waals surface area contributed by atoms with Gasteiger partial charge in [0.25, 0.3) is 5.91 Å². The highest BCUT2D eigenvalue weighted by atomic mass is 35.5. The Morgan fingerprint density at radius 2 is 2.00 bits per heavy atom. The van der Waals surface area contributed by atoms with Gasteiger partial charge in [0.2, 0.25) is 0 Å². The number of esters is 1. The van der Waals surface area contributed by atoms with Gasteiger partial charge in [-0.05, 0) is 31.2 Å². The van der Waals surface area contributed by atoms with Crippen molar-refractivity contribution in [3.63, 3.8) is 0 Å². The summed E-state index contributed by atoms with van der Waals surface area (Å²) in [5.74, 6) is -0.570. The Morgan fingerprint density at radius 1 is 1.26 bits per heavy atom. The molecule has 3 rings (SSSR count). The van der Waals surface area contributed by atoms with Crippen LogP contribution in [0.2, 0.25) is 5.02 Å². The Hall–Kier alpha value is -3.24. The molecule has 0 saturated heterocycles. The maximum Gasteiger partial charge on any atom is 0.339 e. The quantitative estimate of drug-likeness (QED) is 0.810. The number of anilines is 1. The first-order chi connectivity index (χ1) is 13.0. The Balaban J connectivity index is 1.69. The lowest BCUT2D eigenvalue weighted by molar-refractivity contribution is -0.123. The van der Waals surface area contributed by atoms with Gasteiger partial charge >= 0.3 is 5.97 Å². The zero-order valence-electron chi connectivity index (χ0n) is 14.3. The molecule has 0 aromatic heterocycles. The van der Waals surface area contributed by atoms with E-state index >= 15 is 0 Å². The molecule has 8 heteroatoms. The first-order valence-electron chi connectivity index (χ1n) is 8.09. The van der Waals surface area contributed by atoms with Crippen molar-refractivity contribution in [2.75, 3.05) is 18.5 Å². The van der Waals surface area contributed by atoms with Crippen LogP contribution in [-0.4, -0.2) is 31.2 Å². The molecule has 0 spiro atoms. The molecular weight excluding hydrogens is 372 g/mol. The highest BCUT2D eigenvalue weighted by Crippen LogP contribution is 2.38. The minimum atomic E-state index is -1.09. The monoisotopic (exact) mass is 386 g/mol. The molecule has 0 fully saturated rings. The minimum Gasteiger partial charge on any atom is -0.486 e.